The molecule has 4 rings (SSSR count). The van der Waals surface area contributed by atoms with Gasteiger partial charge in [0.1, 0.15) is 5.78 Å². The number of rotatable bonds is 4. The smallest absolute Gasteiger partial charge is 0.303 e. The van der Waals surface area contributed by atoms with Crippen molar-refractivity contribution in [3.63, 3.8) is 0 Å². The van der Waals surface area contributed by atoms with E-state index in [1.165, 1.54) is 0 Å². The zero-order valence-corrected chi connectivity index (χ0v) is 18.1. The number of carboxylic acids is 1. The lowest BCUT2D eigenvalue weighted by molar-refractivity contribution is -0.181. The summed E-state index contributed by atoms with van der Waals surface area (Å²) < 4.78 is 0. The summed E-state index contributed by atoms with van der Waals surface area (Å²) in [4.78, 5) is 24.7. The van der Waals surface area contributed by atoms with Gasteiger partial charge in [0.2, 0.25) is 0 Å². The Labute approximate surface area is 174 Å². The second-order valence-corrected chi connectivity index (χ2v) is 11.2. The van der Waals surface area contributed by atoms with E-state index in [1.807, 2.05) is 0 Å². The highest BCUT2D eigenvalue weighted by atomic mass is 16.4. The van der Waals surface area contributed by atoms with Gasteiger partial charge in [0.15, 0.2) is 0 Å². The molecule has 164 valence electrons. The van der Waals surface area contributed by atoms with Gasteiger partial charge in [0.05, 0.1) is 12.2 Å². The van der Waals surface area contributed by atoms with Crippen LogP contribution in [0.3, 0.4) is 0 Å². The molecule has 10 atom stereocenters. The molecule has 0 radical (unpaired) electrons. The Morgan fingerprint density at radius 1 is 1.14 bits per heavy atom. The van der Waals surface area contributed by atoms with Crippen molar-refractivity contribution in [2.75, 3.05) is 0 Å². The van der Waals surface area contributed by atoms with Crippen molar-refractivity contribution in [3.8, 4) is 0 Å². The molecule has 0 aromatic heterocycles. The third kappa shape index (κ3) is 3.18. The number of aliphatic hydroxyl groups excluding tert-OH is 2. The molecule has 3 N–H and O–H groups in total. The fourth-order valence-corrected chi connectivity index (χ4v) is 8.41. The van der Waals surface area contributed by atoms with Crippen LogP contribution in [0.4, 0.5) is 0 Å². The van der Waals surface area contributed by atoms with Gasteiger partial charge in [-0.15, -0.1) is 0 Å². The van der Waals surface area contributed by atoms with Gasteiger partial charge in [-0.05, 0) is 85.9 Å². The SMILES string of the molecule is C[C@H](CCC(=O)O)[C@H]1CC[C@H]2[C@@H]3[C@H](O)C[C@@H]4C[C@H](O)CC[C@]4(C)[C@H]3CC(=O)[C@]12C. The lowest BCUT2D eigenvalue weighted by Gasteiger charge is -2.61. The molecule has 5 heteroatoms. The summed E-state index contributed by atoms with van der Waals surface area (Å²) in [6.45, 7) is 6.54. The summed E-state index contributed by atoms with van der Waals surface area (Å²) in [5.74, 6) is 0.855. The third-order valence-electron chi connectivity index (χ3n) is 10.1. The van der Waals surface area contributed by atoms with E-state index < -0.39 is 17.5 Å². The Bertz CT molecular complexity index is 676. The van der Waals surface area contributed by atoms with E-state index in [9.17, 15) is 19.8 Å². The van der Waals surface area contributed by atoms with Crippen molar-refractivity contribution in [1.82, 2.24) is 0 Å². The van der Waals surface area contributed by atoms with Gasteiger partial charge >= 0.3 is 5.97 Å². The maximum atomic E-state index is 13.6. The monoisotopic (exact) mass is 406 g/mol. The van der Waals surface area contributed by atoms with Gasteiger partial charge in [-0.1, -0.05) is 20.8 Å². The van der Waals surface area contributed by atoms with Crippen LogP contribution in [0.5, 0.6) is 0 Å². The molecule has 4 fully saturated rings. The second-order valence-electron chi connectivity index (χ2n) is 11.2. The highest BCUT2D eigenvalue weighted by Crippen LogP contribution is 2.67. The van der Waals surface area contributed by atoms with Crippen LogP contribution in [-0.4, -0.2) is 39.3 Å². The standard InChI is InChI=1S/C24H38O5/c1-13(4-7-21(28)29)16-5-6-17-22-18(12-20(27)24(16,17)3)23(2)9-8-15(25)10-14(23)11-19(22)26/h13-19,22,25-26H,4-12H2,1-3H3,(H,28,29)/t13-,14+,15-,16-,17+,18+,19-,22+,23+,24-/m1/s1. The van der Waals surface area contributed by atoms with E-state index >= 15 is 0 Å². The molecule has 4 saturated carbocycles. The van der Waals surface area contributed by atoms with Gasteiger partial charge < -0.3 is 15.3 Å². The maximum absolute atomic E-state index is 13.6. The summed E-state index contributed by atoms with van der Waals surface area (Å²) in [5, 5.41) is 30.5. The van der Waals surface area contributed by atoms with Gasteiger partial charge in [-0.2, -0.15) is 0 Å². The van der Waals surface area contributed by atoms with Crippen LogP contribution in [0.25, 0.3) is 0 Å². The summed E-state index contributed by atoms with van der Waals surface area (Å²) in [6.07, 6.45) is 5.82. The van der Waals surface area contributed by atoms with Gasteiger partial charge in [-0.3, -0.25) is 9.59 Å². The normalized spacial score (nSPS) is 50.4. The predicted octanol–water partition coefficient (Wildman–Crippen LogP) is 3.66. The van der Waals surface area contributed by atoms with E-state index in [0.717, 1.165) is 38.5 Å². The molecule has 4 aliphatic carbocycles. The molecule has 4 aliphatic rings. The third-order valence-corrected chi connectivity index (χ3v) is 10.1. The quantitative estimate of drug-likeness (QED) is 0.662. The molecule has 0 amide bonds. The van der Waals surface area contributed by atoms with Gasteiger partial charge in [-0.25, -0.2) is 0 Å². The maximum Gasteiger partial charge on any atom is 0.303 e. The van der Waals surface area contributed by atoms with Crippen molar-refractivity contribution < 1.29 is 24.9 Å². The Kier molecular flexibility index (Phi) is 5.39. The fraction of sp³-hybridized carbons (Fsp3) is 0.917. The number of hydrogen-bond donors (Lipinski definition) is 3. The van der Waals surface area contributed by atoms with E-state index in [0.29, 0.717) is 24.5 Å². The van der Waals surface area contributed by atoms with Crippen LogP contribution in [0.2, 0.25) is 0 Å². The molecule has 29 heavy (non-hydrogen) atoms. The zero-order valence-electron chi connectivity index (χ0n) is 18.1. The highest BCUT2D eigenvalue weighted by Gasteiger charge is 2.65. The average molecular weight is 407 g/mol. The molecular weight excluding hydrogens is 368 g/mol. The van der Waals surface area contributed by atoms with Crippen LogP contribution in [0.15, 0.2) is 0 Å². The molecule has 0 bridgehead atoms. The first-order chi connectivity index (χ1) is 13.6. The van der Waals surface area contributed by atoms with Gasteiger partial charge in [0, 0.05) is 18.3 Å². The minimum atomic E-state index is -0.771. The summed E-state index contributed by atoms with van der Waals surface area (Å²) in [6, 6.07) is 0. The van der Waals surface area contributed by atoms with Crippen LogP contribution in [-0.2, 0) is 9.59 Å². The molecule has 0 aromatic rings. The Balaban J connectivity index is 1.62. The van der Waals surface area contributed by atoms with Gasteiger partial charge in [0.25, 0.3) is 0 Å². The number of hydrogen-bond acceptors (Lipinski definition) is 4. The molecule has 0 saturated heterocycles. The molecule has 5 nitrogen and oxygen atoms in total. The van der Waals surface area contributed by atoms with Crippen molar-refractivity contribution in [2.24, 2.45) is 46.3 Å². The molecule has 0 heterocycles. The first kappa shape index (κ1) is 21.3. The summed E-state index contributed by atoms with van der Waals surface area (Å²) in [5.41, 5.74) is -0.398. The first-order valence-corrected chi connectivity index (χ1v) is 11.7. The van der Waals surface area contributed by atoms with Crippen LogP contribution >= 0.6 is 0 Å². The highest BCUT2D eigenvalue weighted by molar-refractivity contribution is 5.87. The second kappa shape index (κ2) is 7.33. The summed E-state index contributed by atoms with van der Waals surface area (Å²) >= 11 is 0. The van der Waals surface area contributed by atoms with E-state index in [2.05, 4.69) is 20.8 Å². The topological polar surface area (TPSA) is 94.8 Å². The van der Waals surface area contributed by atoms with Crippen molar-refractivity contribution >= 4 is 11.8 Å². The van der Waals surface area contributed by atoms with Crippen molar-refractivity contribution in [3.05, 3.63) is 0 Å². The molecular formula is C24H38O5. The molecule has 0 aliphatic heterocycles. The number of aliphatic carboxylic acids is 1. The number of carbonyl (C=O) groups excluding carboxylic acids is 1. The fourth-order valence-electron chi connectivity index (χ4n) is 8.41. The largest absolute Gasteiger partial charge is 0.481 e. The molecule has 0 unspecified atom stereocenters. The van der Waals surface area contributed by atoms with Crippen molar-refractivity contribution in [2.45, 2.75) is 90.8 Å². The Hall–Kier alpha value is -0.940. The number of ketones is 1. The van der Waals surface area contributed by atoms with Crippen molar-refractivity contribution in [1.29, 1.82) is 0 Å². The Morgan fingerprint density at radius 2 is 1.86 bits per heavy atom. The first-order valence-electron chi connectivity index (χ1n) is 11.7. The number of carboxylic acid groups (broad SMARTS) is 1. The van der Waals surface area contributed by atoms with Crippen LogP contribution in [0.1, 0.15) is 78.6 Å². The molecule has 0 aromatic carbocycles. The number of aliphatic hydroxyl groups is 2. The minimum Gasteiger partial charge on any atom is -0.481 e. The predicted molar refractivity (Wildman–Crippen MR) is 109 cm³/mol. The van der Waals surface area contributed by atoms with E-state index in [-0.39, 0.29) is 47.5 Å². The lowest BCUT2D eigenvalue weighted by Crippen LogP contribution is -2.61. The number of fused-ring (bicyclic) bond motifs is 5. The van der Waals surface area contributed by atoms with Crippen LogP contribution < -0.4 is 0 Å². The van der Waals surface area contributed by atoms with Crippen LogP contribution in [0, 0.1) is 46.3 Å². The Morgan fingerprint density at radius 3 is 2.55 bits per heavy atom. The average Bonchev–Trinajstić information content (AvgIpc) is 3.01. The number of carbonyl (C=O) groups is 2. The van der Waals surface area contributed by atoms with E-state index in [4.69, 9.17) is 5.11 Å². The molecule has 0 spiro atoms. The number of Topliss-reactive ketones (excluding diaryl/α,β-unsaturated/α-hetero) is 1. The minimum absolute atomic E-state index is 0.0348. The lowest BCUT2D eigenvalue weighted by atomic mass is 9.43. The zero-order chi connectivity index (χ0) is 21.1. The van der Waals surface area contributed by atoms with E-state index in [1.54, 1.807) is 0 Å². The summed E-state index contributed by atoms with van der Waals surface area (Å²) in [7, 11) is 0.